The third-order valence-corrected chi connectivity index (χ3v) is 1.90. The molecule has 0 aliphatic heterocycles. The lowest BCUT2D eigenvalue weighted by Crippen LogP contribution is -2.21. The highest BCUT2D eigenvalue weighted by atomic mass is 16.7. The van der Waals surface area contributed by atoms with Crippen LogP contribution in [0.1, 0.15) is 20.3 Å². The number of aliphatic carboxylic acids is 1. The first kappa shape index (κ1) is 15.7. The van der Waals surface area contributed by atoms with Crippen molar-refractivity contribution in [2.24, 2.45) is 0 Å². The maximum atomic E-state index is 10.5. The topological polar surface area (TPSA) is 65.0 Å². The van der Waals surface area contributed by atoms with E-state index >= 15 is 0 Å². The molecule has 17 heavy (non-hydrogen) atoms. The maximum Gasteiger partial charge on any atom is 0.330 e. The summed E-state index contributed by atoms with van der Waals surface area (Å²) in [6, 6.07) is 0. The summed E-state index contributed by atoms with van der Waals surface area (Å²) < 4.78 is 15.6. The minimum Gasteiger partial charge on any atom is -0.478 e. The first-order chi connectivity index (χ1) is 8.11. The normalized spacial score (nSPS) is 13.2. The zero-order valence-corrected chi connectivity index (χ0v) is 10.3. The van der Waals surface area contributed by atoms with Gasteiger partial charge in [0, 0.05) is 12.2 Å². The summed E-state index contributed by atoms with van der Waals surface area (Å²) in [5.41, 5.74) is 0.317. The van der Waals surface area contributed by atoms with Gasteiger partial charge in [0.2, 0.25) is 6.29 Å². The summed E-state index contributed by atoms with van der Waals surface area (Å²) in [4.78, 5) is 10.5. The van der Waals surface area contributed by atoms with Crippen molar-refractivity contribution in [1.82, 2.24) is 0 Å². The van der Waals surface area contributed by atoms with Crippen LogP contribution >= 0.6 is 0 Å². The molecular weight excluding hydrogens is 224 g/mol. The third-order valence-electron chi connectivity index (χ3n) is 1.90. The van der Waals surface area contributed by atoms with E-state index in [-0.39, 0.29) is 0 Å². The highest BCUT2D eigenvalue weighted by Crippen LogP contribution is 1.99. The molecule has 0 radical (unpaired) electrons. The van der Waals surface area contributed by atoms with Gasteiger partial charge < -0.3 is 19.3 Å². The van der Waals surface area contributed by atoms with Crippen LogP contribution < -0.4 is 0 Å². The number of carboxylic acid groups (broad SMARTS) is 1. The molecule has 0 amide bonds. The van der Waals surface area contributed by atoms with E-state index in [1.165, 1.54) is 6.26 Å². The Morgan fingerprint density at radius 3 is 2.76 bits per heavy atom. The van der Waals surface area contributed by atoms with Gasteiger partial charge in [-0.05, 0) is 20.3 Å². The number of hydrogen-bond donors (Lipinski definition) is 1. The summed E-state index contributed by atoms with van der Waals surface area (Å²) in [5.74, 6) is -0.910. The zero-order valence-electron chi connectivity index (χ0n) is 10.3. The minimum absolute atomic E-state index is 0.291. The van der Waals surface area contributed by atoms with Gasteiger partial charge in [0.25, 0.3) is 0 Å². The fourth-order valence-corrected chi connectivity index (χ4v) is 1.05. The smallest absolute Gasteiger partial charge is 0.330 e. The summed E-state index contributed by atoms with van der Waals surface area (Å²) in [7, 11) is 0. The quantitative estimate of drug-likeness (QED) is 0.275. The van der Waals surface area contributed by atoms with Crippen molar-refractivity contribution in [1.29, 1.82) is 0 Å². The third kappa shape index (κ3) is 8.47. The van der Waals surface area contributed by atoms with Gasteiger partial charge in [0.05, 0.1) is 12.9 Å². The van der Waals surface area contributed by atoms with E-state index in [0.29, 0.717) is 31.8 Å². The van der Waals surface area contributed by atoms with Crippen molar-refractivity contribution >= 4 is 5.97 Å². The molecule has 0 aliphatic carbocycles. The van der Waals surface area contributed by atoms with Crippen molar-refractivity contribution in [3.8, 4) is 0 Å². The number of carboxylic acids is 1. The molecule has 0 saturated carbocycles. The van der Waals surface area contributed by atoms with E-state index in [2.05, 4.69) is 6.58 Å². The average Bonchev–Trinajstić information content (AvgIpc) is 2.28. The first-order valence-electron chi connectivity index (χ1n) is 5.47. The van der Waals surface area contributed by atoms with E-state index in [1.54, 1.807) is 13.0 Å². The molecule has 1 atom stereocenters. The molecule has 0 bridgehead atoms. The van der Waals surface area contributed by atoms with Crippen LogP contribution in [0.5, 0.6) is 0 Å². The Morgan fingerprint density at radius 2 is 2.24 bits per heavy atom. The van der Waals surface area contributed by atoms with Crippen LogP contribution in [0.3, 0.4) is 0 Å². The SMILES string of the molecule is C=COC(COCCC=C(C)C(=O)O)OCC. The van der Waals surface area contributed by atoms with Gasteiger partial charge in [-0.3, -0.25) is 0 Å². The number of hydrogen-bond acceptors (Lipinski definition) is 4. The van der Waals surface area contributed by atoms with Crippen molar-refractivity contribution in [3.63, 3.8) is 0 Å². The Bertz CT molecular complexity index is 260. The van der Waals surface area contributed by atoms with E-state index in [1.807, 2.05) is 6.92 Å². The molecule has 0 aromatic rings. The molecular formula is C12H20O5. The lowest BCUT2D eigenvalue weighted by molar-refractivity contribution is -0.139. The minimum atomic E-state index is -0.910. The highest BCUT2D eigenvalue weighted by molar-refractivity contribution is 5.85. The van der Waals surface area contributed by atoms with Crippen LogP contribution in [0.2, 0.25) is 0 Å². The Balaban J connectivity index is 3.70. The van der Waals surface area contributed by atoms with Gasteiger partial charge in [0.1, 0.15) is 6.61 Å². The molecule has 0 aromatic carbocycles. The van der Waals surface area contributed by atoms with Gasteiger partial charge in [-0.15, -0.1) is 0 Å². The fraction of sp³-hybridized carbons (Fsp3) is 0.583. The van der Waals surface area contributed by atoms with Crippen LogP contribution in [-0.2, 0) is 19.0 Å². The Labute approximate surface area is 102 Å². The standard InChI is InChI=1S/C12H20O5/c1-4-16-11(17-5-2)9-15-8-6-7-10(3)12(13)14/h4,7,11H,1,5-6,8-9H2,2-3H3,(H,13,14). The Morgan fingerprint density at radius 1 is 1.53 bits per heavy atom. The predicted octanol–water partition coefficient (Wildman–Crippen LogP) is 1.95. The van der Waals surface area contributed by atoms with Crippen LogP contribution in [0, 0.1) is 0 Å². The molecule has 5 nitrogen and oxygen atoms in total. The molecule has 0 spiro atoms. The Kier molecular flexibility index (Phi) is 9.09. The highest BCUT2D eigenvalue weighted by Gasteiger charge is 2.06. The van der Waals surface area contributed by atoms with Gasteiger partial charge in [-0.2, -0.15) is 0 Å². The van der Waals surface area contributed by atoms with Crippen molar-refractivity contribution in [2.75, 3.05) is 19.8 Å². The number of carbonyl (C=O) groups is 1. The monoisotopic (exact) mass is 244 g/mol. The molecule has 0 aromatic heterocycles. The molecule has 0 rings (SSSR count). The van der Waals surface area contributed by atoms with Crippen LogP contribution in [0.15, 0.2) is 24.5 Å². The molecule has 0 aliphatic rings. The number of ether oxygens (including phenoxy) is 3. The molecule has 98 valence electrons. The number of rotatable bonds is 10. The molecule has 0 saturated heterocycles. The average molecular weight is 244 g/mol. The van der Waals surface area contributed by atoms with Crippen LogP contribution in [0.4, 0.5) is 0 Å². The predicted molar refractivity (Wildman–Crippen MR) is 63.5 cm³/mol. The van der Waals surface area contributed by atoms with Crippen LogP contribution in [-0.4, -0.2) is 37.2 Å². The maximum absolute atomic E-state index is 10.5. The van der Waals surface area contributed by atoms with Crippen molar-refractivity contribution < 1.29 is 24.1 Å². The second kappa shape index (κ2) is 9.86. The van der Waals surface area contributed by atoms with Gasteiger partial charge in [-0.25, -0.2) is 4.79 Å². The van der Waals surface area contributed by atoms with Gasteiger partial charge in [-0.1, -0.05) is 12.7 Å². The molecule has 0 heterocycles. The summed E-state index contributed by atoms with van der Waals surface area (Å²) in [6.07, 6.45) is 3.01. The Hall–Kier alpha value is -1.33. The van der Waals surface area contributed by atoms with Crippen molar-refractivity contribution in [2.45, 2.75) is 26.6 Å². The van der Waals surface area contributed by atoms with Crippen molar-refractivity contribution in [3.05, 3.63) is 24.5 Å². The van der Waals surface area contributed by atoms with E-state index in [4.69, 9.17) is 19.3 Å². The molecule has 0 fully saturated rings. The molecule has 1 unspecified atom stereocenters. The lowest BCUT2D eigenvalue weighted by atomic mass is 10.2. The zero-order chi connectivity index (χ0) is 13.1. The summed E-state index contributed by atoms with van der Waals surface area (Å²) in [5, 5.41) is 8.61. The van der Waals surface area contributed by atoms with Crippen LogP contribution in [0.25, 0.3) is 0 Å². The molecule has 5 heteroatoms. The van der Waals surface area contributed by atoms with Gasteiger partial charge >= 0.3 is 5.97 Å². The lowest BCUT2D eigenvalue weighted by Gasteiger charge is -2.15. The van der Waals surface area contributed by atoms with E-state index in [9.17, 15) is 4.79 Å². The van der Waals surface area contributed by atoms with Gasteiger partial charge in [0.15, 0.2) is 0 Å². The summed E-state index contributed by atoms with van der Waals surface area (Å²) in [6.45, 7) is 8.09. The van der Waals surface area contributed by atoms with E-state index < -0.39 is 12.3 Å². The fourth-order valence-electron chi connectivity index (χ4n) is 1.05. The summed E-state index contributed by atoms with van der Waals surface area (Å²) >= 11 is 0. The largest absolute Gasteiger partial charge is 0.478 e. The molecule has 1 N–H and O–H groups in total. The van der Waals surface area contributed by atoms with E-state index in [0.717, 1.165) is 0 Å². The first-order valence-corrected chi connectivity index (χ1v) is 5.47. The second-order valence-corrected chi connectivity index (χ2v) is 3.24. The second-order valence-electron chi connectivity index (χ2n) is 3.24.